The summed E-state index contributed by atoms with van der Waals surface area (Å²) in [6.07, 6.45) is 1.12. The monoisotopic (exact) mass is 282 g/mol. The molecule has 0 radical (unpaired) electrons. The summed E-state index contributed by atoms with van der Waals surface area (Å²) in [6.45, 7) is 5.14. The van der Waals surface area contributed by atoms with Gasteiger partial charge in [-0.05, 0) is 18.6 Å². The maximum atomic E-state index is 6.36. The third-order valence-electron chi connectivity index (χ3n) is 3.42. The summed E-state index contributed by atoms with van der Waals surface area (Å²) < 4.78 is 8.67. The fraction of sp³-hybridized carbons (Fsp3) is 0.500. The Morgan fingerprint density at radius 3 is 3.22 bits per heavy atom. The Hall–Kier alpha value is -0.910. The number of aromatic nitrogens is 2. The van der Waals surface area contributed by atoms with E-state index in [0.29, 0.717) is 6.04 Å². The van der Waals surface area contributed by atoms with Crippen LogP contribution in [0.3, 0.4) is 0 Å². The summed E-state index contributed by atoms with van der Waals surface area (Å²) in [7, 11) is 0. The molecule has 4 nitrogen and oxygen atoms in total. The van der Waals surface area contributed by atoms with Gasteiger partial charge in [0.2, 0.25) is 0 Å². The predicted octanol–water partition coefficient (Wildman–Crippen LogP) is 2.53. The highest BCUT2D eigenvalue weighted by atomic mass is 35.5. The smallest absolute Gasteiger partial charge is 0.129 e. The van der Waals surface area contributed by atoms with Crippen LogP contribution in [0, 0.1) is 0 Å². The molecule has 1 aliphatic rings. The van der Waals surface area contributed by atoms with Crippen molar-refractivity contribution in [2.45, 2.75) is 19.4 Å². The highest BCUT2D eigenvalue weighted by Gasteiger charge is 2.22. The average Bonchev–Trinajstić information content (AvgIpc) is 2.87. The third kappa shape index (κ3) is 2.06. The molecule has 1 aromatic heterocycles. The van der Waals surface area contributed by atoms with Crippen molar-refractivity contribution in [3.8, 4) is 0 Å². The first-order valence-electron chi connectivity index (χ1n) is 6.18. The summed E-state index contributed by atoms with van der Waals surface area (Å²) in [6, 6.07) is 4.38. The molecule has 1 atom stereocenters. The van der Waals surface area contributed by atoms with Crippen LogP contribution in [0.15, 0.2) is 12.1 Å². The van der Waals surface area contributed by atoms with E-state index in [0.717, 1.165) is 47.8 Å². The van der Waals surface area contributed by atoms with Gasteiger partial charge in [-0.15, -0.1) is 0 Å². The van der Waals surface area contributed by atoms with Crippen LogP contribution < -0.4 is 10.2 Å². The molecule has 0 saturated carbocycles. The van der Waals surface area contributed by atoms with Crippen molar-refractivity contribution < 1.29 is 0 Å². The van der Waals surface area contributed by atoms with Crippen LogP contribution in [-0.2, 0) is 0 Å². The van der Waals surface area contributed by atoms with E-state index in [9.17, 15) is 0 Å². The Labute approximate surface area is 115 Å². The van der Waals surface area contributed by atoms with Gasteiger partial charge < -0.3 is 10.2 Å². The molecule has 0 bridgehead atoms. The fourth-order valence-corrected chi connectivity index (χ4v) is 3.23. The number of halogens is 1. The zero-order chi connectivity index (χ0) is 12.5. The van der Waals surface area contributed by atoms with E-state index in [4.69, 9.17) is 11.6 Å². The Morgan fingerprint density at radius 2 is 2.39 bits per heavy atom. The molecule has 0 aliphatic carbocycles. The van der Waals surface area contributed by atoms with Gasteiger partial charge in [-0.3, -0.25) is 0 Å². The van der Waals surface area contributed by atoms with Gasteiger partial charge in [-0.25, -0.2) is 0 Å². The van der Waals surface area contributed by atoms with Crippen molar-refractivity contribution in [2.24, 2.45) is 0 Å². The minimum atomic E-state index is 0.525. The van der Waals surface area contributed by atoms with Crippen molar-refractivity contribution in [3.05, 3.63) is 17.2 Å². The quantitative estimate of drug-likeness (QED) is 0.919. The summed E-state index contributed by atoms with van der Waals surface area (Å²) in [5.41, 5.74) is 2.91. The molecule has 96 valence electrons. The summed E-state index contributed by atoms with van der Waals surface area (Å²) in [5.74, 6) is 0. The van der Waals surface area contributed by atoms with Crippen LogP contribution in [0.1, 0.15) is 13.3 Å². The van der Waals surface area contributed by atoms with E-state index in [2.05, 4.69) is 25.9 Å². The molecule has 6 heteroatoms. The standard InChI is InChI=1S/C12H15ClN4S/c1-2-8-7-17(6-5-14-8)12-9(13)3-4-10-11(12)16-18-15-10/h3-4,8,14H,2,5-7H2,1H3. The number of hydrogen-bond donors (Lipinski definition) is 1. The molecule has 1 aromatic carbocycles. The van der Waals surface area contributed by atoms with Gasteiger partial charge in [0.15, 0.2) is 0 Å². The SMILES string of the molecule is CCC1CN(c2c(Cl)ccc3nsnc23)CCN1. The van der Waals surface area contributed by atoms with Crippen LogP contribution in [0.4, 0.5) is 5.69 Å². The first kappa shape index (κ1) is 12.1. The summed E-state index contributed by atoms with van der Waals surface area (Å²) in [5, 5.41) is 4.28. The van der Waals surface area contributed by atoms with Crippen LogP contribution in [0.2, 0.25) is 5.02 Å². The number of anilines is 1. The van der Waals surface area contributed by atoms with Crippen molar-refractivity contribution in [1.29, 1.82) is 0 Å². The Balaban J connectivity index is 2.02. The van der Waals surface area contributed by atoms with E-state index in [1.165, 1.54) is 11.7 Å². The van der Waals surface area contributed by atoms with E-state index in [-0.39, 0.29) is 0 Å². The second kappa shape index (κ2) is 4.99. The summed E-state index contributed by atoms with van der Waals surface area (Å²) in [4.78, 5) is 2.33. The molecule has 0 amide bonds. The van der Waals surface area contributed by atoms with Crippen molar-refractivity contribution in [1.82, 2.24) is 14.1 Å². The molecular weight excluding hydrogens is 268 g/mol. The van der Waals surface area contributed by atoms with Crippen molar-refractivity contribution in [2.75, 3.05) is 24.5 Å². The summed E-state index contributed by atoms with van der Waals surface area (Å²) >= 11 is 7.60. The van der Waals surface area contributed by atoms with Gasteiger partial charge in [0, 0.05) is 25.7 Å². The molecule has 18 heavy (non-hydrogen) atoms. The number of fused-ring (bicyclic) bond motifs is 1. The van der Waals surface area contributed by atoms with Gasteiger partial charge >= 0.3 is 0 Å². The van der Waals surface area contributed by atoms with Crippen molar-refractivity contribution >= 4 is 40.0 Å². The molecule has 1 saturated heterocycles. The zero-order valence-corrected chi connectivity index (χ0v) is 11.8. The number of hydrogen-bond acceptors (Lipinski definition) is 5. The molecule has 2 heterocycles. The molecule has 1 unspecified atom stereocenters. The average molecular weight is 283 g/mol. The Bertz CT molecular complexity index is 556. The predicted molar refractivity (Wildman–Crippen MR) is 76.7 cm³/mol. The molecule has 0 spiro atoms. The normalized spacial score (nSPS) is 20.6. The number of nitrogens with zero attached hydrogens (tertiary/aromatic N) is 3. The lowest BCUT2D eigenvalue weighted by Gasteiger charge is -2.35. The van der Waals surface area contributed by atoms with Gasteiger partial charge in [-0.2, -0.15) is 8.75 Å². The first-order valence-corrected chi connectivity index (χ1v) is 7.29. The second-order valence-corrected chi connectivity index (χ2v) is 5.47. The molecule has 2 aromatic rings. The van der Waals surface area contributed by atoms with Gasteiger partial charge in [-0.1, -0.05) is 18.5 Å². The Kier molecular flexibility index (Phi) is 3.37. The largest absolute Gasteiger partial charge is 0.366 e. The van der Waals surface area contributed by atoms with Gasteiger partial charge in [0.05, 0.1) is 22.4 Å². The van der Waals surface area contributed by atoms with Gasteiger partial charge in [0.1, 0.15) is 11.0 Å². The second-order valence-electron chi connectivity index (χ2n) is 4.53. The zero-order valence-electron chi connectivity index (χ0n) is 10.2. The fourth-order valence-electron chi connectivity index (χ4n) is 2.42. The van der Waals surface area contributed by atoms with Gasteiger partial charge in [0.25, 0.3) is 0 Å². The number of rotatable bonds is 2. The minimum Gasteiger partial charge on any atom is -0.366 e. The first-order chi connectivity index (χ1) is 8.79. The maximum Gasteiger partial charge on any atom is 0.129 e. The molecule has 1 N–H and O–H groups in total. The third-order valence-corrected chi connectivity index (χ3v) is 4.26. The van der Waals surface area contributed by atoms with Crippen LogP contribution in [-0.4, -0.2) is 34.4 Å². The topological polar surface area (TPSA) is 41.1 Å². The lowest BCUT2D eigenvalue weighted by atomic mass is 10.1. The highest BCUT2D eigenvalue weighted by molar-refractivity contribution is 7.00. The number of piperazine rings is 1. The van der Waals surface area contributed by atoms with Crippen LogP contribution in [0.25, 0.3) is 11.0 Å². The van der Waals surface area contributed by atoms with Crippen LogP contribution >= 0.6 is 23.3 Å². The van der Waals surface area contributed by atoms with E-state index in [1.807, 2.05) is 12.1 Å². The molecule has 1 fully saturated rings. The van der Waals surface area contributed by atoms with E-state index >= 15 is 0 Å². The minimum absolute atomic E-state index is 0.525. The maximum absolute atomic E-state index is 6.36. The number of benzene rings is 1. The van der Waals surface area contributed by atoms with E-state index < -0.39 is 0 Å². The lowest BCUT2D eigenvalue weighted by molar-refractivity contribution is 0.447. The Morgan fingerprint density at radius 1 is 1.50 bits per heavy atom. The van der Waals surface area contributed by atoms with Crippen molar-refractivity contribution in [3.63, 3.8) is 0 Å². The van der Waals surface area contributed by atoms with Crippen LogP contribution in [0.5, 0.6) is 0 Å². The lowest BCUT2D eigenvalue weighted by Crippen LogP contribution is -2.50. The number of nitrogens with one attached hydrogen (secondary N) is 1. The highest BCUT2D eigenvalue weighted by Crippen LogP contribution is 2.33. The molecular formula is C12H15ClN4S. The molecule has 1 aliphatic heterocycles. The molecule has 3 rings (SSSR count). The van der Waals surface area contributed by atoms with E-state index in [1.54, 1.807) is 0 Å².